The summed E-state index contributed by atoms with van der Waals surface area (Å²) >= 11 is 0. The molecule has 1 unspecified atom stereocenters. The zero-order chi connectivity index (χ0) is 18.4. The second-order valence-corrected chi connectivity index (χ2v) is 6.69. The van der Waals surface area contributed by atoms with Crippen molar-refractivity contribution in [2.24, 2.45) is 4.99 Å². The summed E-state index contributed by atoms with van der Waals surface area (Å²) < 4.78 is 39.2. The minimum absolute atomic E-state index is 0.157. The lowest BCUT2D eigenvalue weighted by atomic mass is 9.94. The van der Waals surface area contributed by atoms with Crippen LogP contribution in [-0.4, -0.2) is 59.3 Å². The molecule has 1 aromatic carbocycles. The summed E-state index contributed by atoms with van der Waals surface area (Å²) in [6.07, 6.45) is -2.75. The fraction of sp³-hybridized carbons (Fsp3) is 0.471. The van der Waals surface area contributed by atoms with Crippen molar-refractivity contribution in [2.45, 2.75) is 25.2 Å². The molecule has 1 aromatic rings. The van der Waals surface area contributed by atoms with Gasteiger partial charge in [0.15, 0.2) is 11.4 Å². The molecule has 2 heterocycles. The van der Waals surface area contributed by atoms with Crippen molar-refractivity contribution in [3.05, 3.63) is 47.3 Å². The molecule has 0 saturated carbocycles. The summed E-state index contributed by atoms with van der Waals surface area (Å²) in [7, 11) is 3.88. The molecule has 0 aliphatic carbocycles. The molecule has 0 fully saturated rings. The van der Waals surface area contributed by atoms with E-state index in [1.54, 1.807) is 12.1 Å². The Morgan fingerprint density at radius 1 is 1.20 bits per heavy atom. The molecule has 0 amide bonds. The number of halogens is 3. The van der Waals surface area contributed by atoms with Gasteiger partial charge >= 0.3 is 6.18 Å². The first-order valence-corrected chi connectivity index (χ1v) is 7.91. The van der Waals surface area contributed by atoms with Gasteiger partial charge in [0.05, 0.1) is 12.4 Å². The molecular weight excluding hydrogens is 333 g/mol. The molecule has 1 N–H and O–H groups in total. The number of alkyl halides is 3. The van der Waals surface area contributed by atoms with E-state index in [4.69, 9.17) is 0 Å². The van der Waals surface area contributed by atoms with Gasteiger partial charge < -0.3 is 19.8 Å². The van der Waals surface area contributed by atoms with Gasteiger partial charge in [-0.2, -0.15) is 13.2 Å². The maximum atomic E-state index is 13.1. The number of aliphatic hydroxyl groups is 1. The van der Waals surface area contributed by atoms with Crippen LogP contribution in [0.5, 0.6) is 0 Å². The number of benzene rings is 1. The molecule has 0 radical (unpaired) electrons. The predicted octanol–water partition coefficient (Wildman–Crippen LogP) is 2.30. The summed E-state index contributed by atoms with van der Waals surface area (Å²) in [6, 6.07) is 6.01. The standard InChI is InChI=1S/C17H21F3N4O/c1-16(25,17(18,19)20)13-6-4-5-12(7-13)8-24-9-14-15(23(3)11-24)21-10-22(14)2/h4-7,9,25H,8,10-11H2,1-3H3. The van der Waals surface area contributed by atoms with Crippen molar-refractivity contribution in [3.63, 3.8) is 0 Å². The minimum atomic E-state index is -4.73. The van der Waals surface area contributed by atoms with E-state index in [-0.39, 0.29) is 5.56 Å². The largest absolute Gasteiger partial charge is 0.421 e. The van der Waals surface area contributed by atoms with Crippen LogP contribution in [0, 0.1) is 0 Å². The van der Waals surface area contributed by atoms with Crippen molar-refractivity contribution in [1.82, 2.24) is 14.7 Å². The first-order valence-electron chi connectivity index (χ1n) is 7.91. The SMILES string of the molecule is CN1CN=C2C1=CN(Cc1cccc(C(C)(O)C(F)(F)F)c1)CN2C. The minimum Gasteiger partial charge on any atom is -0.376 e. The summed E-state index contributed by atoms with van der Waals surface area (Å²) in [5.41, 5.74) is -1.33. The van der Waals surface area contributed by atoms with Crippen LogP contribution in [0.3, 0.4) is 0 Å². The van der Waals surface area contributed by atoms with Gasteiger partial charge in [0, 0.05) is 26.8 Å². The maximum absolute atomic E-state index is 13.1. The second kappa shape index (κ2) is 5.94. The van der Waals surface area contributed by atoms with Crippen LogP contribution in [0.4, 0.5) is 13.2 Å². The maximum Gasteiger partial charge on any atom is 0.421 e. The fourth-order valence-corrected chi connectivity index (χ4v) is 2.99. The number of likely N-dealkylation sites (N-methyl/N-ethyl adjacent to an activating group) is 2. The zero-order valence-electron chi connectivity index (χ0n) is 14.4. The van der Waals surface area contributed by atoms with E-state index >= 15 is 0 Å². The van der Waals surface area contributed by atoms with E-state index in [0.29, 0.717) is 25.4 Å². The van der Waals surface area contributed by atoms with Crippen LogP contribution in [-0.2, 0) is 12.1 Å². The Kier molecular flexibility index (Phi) is 4.18. The Morgan fingerprint density at radius 2 is 1.92 bits per heavy atom. The molecule has 136 valence electrons. The lowest BCUT2D eigenvalue weighted by Gasteiger charge is -2.35. The first kappa shape index (κ1) is 17.6. The van der Waals surface area contributed by atoms with Gasteiger partial charge in [0.25, 0.3) is 0 Å². The van der Waals surface area contributed by atoms with Crippen molar-refractivity contribution in [2.75, 3.05) is 27.4 Å². The quantitative estimate of drug-likeness (QED) is 0.905. The van der Waals surface area contributed by atoms with Crippen LogP contribution < -0.4 is 0 Å². The monoisotopic (exact) mass is 354 g/mol. The summed E-state index contributed by atoms with van der Waals surface area (Å²) in [5.74, 6) is 0.924. The molecule has 2 aliphatic heterocycles. The Labute approximate surface area is 144 Å². The third kappa shape index (κ3) is 3.18. The smallest absolute Gasteiger partial charge is 0.376 e. The van der Waals surface area contributed by atoms with E-state index < -0.39 is 11.8 Å². The van der Waals surface area contributed by atoms with Gasteiger partial charge in [-0.3, -0.25) is 0 Å². The molecule has 3 rings (SSSR count). The van der Waals surface area contributed by atoms with E-state index in [1.807, 2.05) is 35.0 Å². The normalized spacial score (nSPS) is 20.2. The summed E-state index contributed by atoms with van der Waals surface area (Å²) in [6.45, 7) is 2.41. The van der Waals surface area contributed by atoms with Crippen LogP contribution >= 0.6 is 0 Å². The Bertz CT molecular complexity index is 727. The summed E-state index contributed by atoms with van der Waals surface area (Å²) in [5, 5.41) is 9.87. The Balaban J connectivity index is 1.83. The molecule has 0 aromatic heterocycles. The number of aliphatic imine (C=N–C) groups is 1. The highest BCUT2D eigenvalue weighted by molar-refractivity contribution is 5.99. The van der Waals surface area contributed by atoms with E-state index in [9.17, 15) is 18.3 Å². The number of rotatable bonds is 3. The van der Waals surface area contributed by atoms with Gasteiger partial charge in [-0.15, -0.1) is 0 Å². The lowest BCUT2D eigenvalue weighted by molar-refractivity contribution is -0.258. The van der Waals surface area contributed by atoms with Crippen molar-refractivity contribution in [1.29, 1.82) is 0 Å². The molecule has 0 saturated heterocycles. The Morgan fingerprint density at radius 3 is 2.60 bits per heavy atom. The molecule has 0 bridgehead atoms. The highest BCUT2D eigenvalue weighted by Gasteiger charge is 2.51. The van der Waals surface area contributed by atoms with Crippen LogP contribution in [0.2, 0.25) is 0 Å². The van der Waals surface area contributed by atoms with Crippen LogP contribution in [0.1, 0.15) is 18.1 Å². The van der Waals surface area contributed by atoms with Crippen molar-refractivity contribution in [3.8, 4) is 0 Å². The second-order valence-electron chi connectivity index (χ2n) is 6.69. The lowest BCUT2D eigenvalue weighted by Crippen LogP contribution is -2.42. The molecule has 1 atom stereocenters. The number of fused-ring (bicyclic) bond motifs is 1. The third-order valence-corrected chi connectivity index (χ3v) is 4.56. The topological polar surface area (TPSA) is 42.3 Å². The highest BCUT2D eigenvalue weighted by Crippen LogP contribution is 2.38. The first-order chi connectivity index (χ1) is 11.6. The van der Waals surface area contributed by atoms with Gasteiger partial charge in [0.1, 0.15) is 6.67 Å². The third-order valence-electron chi connectivity index (χ3n) is 4.56. The number of nitrogens with zero attached hydrogens (tertiary/aromatic N) is 4. The van der Waals surface area contributed by atoms with E-state index in [1.165, 1.54) is 12.1 Å². The molecular formula is C17H21F3N4O. The average molecular weight is 354 g/mol. The highest BCUT2D eigenvalue weighted by atomic mass is 19.4. The van der Waals surface area contributed by atoms with Crippen molar-refractivity contribution >= 4 is 5.84 Å². The van der Waals surface area contributed by atoms with Gasteiger partial charge in [-0.1, -0.05) is 24.3 Å². The average Bonchev–Trinajstić information content (AvgIpc) is 2.88. The van der Waals surface area contributed by atoms with Gasteiger partial charge in [-0.05, 0) is 18.1 Å². The molecule has 0 spiro atoms. The number of amidine groups is 1. The molecule has 2 aliphatic rings. The zero-order valence-corrected chi connectivity index (χ0v) is 14.4. The fourth-order valence-electron chi connectivity index (χ4n) is 2.99. The number of hydrogen-bond donors (Lipinski definition) is 1. The molecule has 5 nitrogen and oxygen atoms in total. The molecule has 8 heteroatoms. The van der Waals surface area contributed by atoms with Crippen LogP contribution in [0.15, 0.2) is 41.2 Å². The van der Waals surface area contributed by atoms with Crippen molar-refractivity contribution < 1.29 is 18.3 Å². The predicted molar refractivity (Wildman–Crippen MR) is 88.4 cm³/mol. The van der Waals surface area contributed by atoms with E-state index in [0.717, 1.165) is 18.5 Å². The van der Waals surface area contributed by atoms with Gasteiger partial charge in [0.2, 0.25) is 0 Å². The van der Waals surface area contributed by atoms with Crippen LogP contribution in [0.25, 0.3) is 0 Å². The summed E-state index contributed by atoms with van der Waals surface area (Å²) in [4.78, 5) is 10.5. The number of hydrogen-bond acceptors (Lipinski definition) is 5. The van der Waals surface area contributed by atoms with E-state index in [2.05, 4.69) is 4.99 Å². The molecule has 25 heavy (non-hydrogen) atoms. The Hall–Kier alpha value is -2.22. The van der Waals surface area contributed by atoms with Gasteiger partial charge in [-0.25, -0.2) is 4.99 Å².